The fraction of sp³-hybridized carbons (Fsp3) is 0.278. The number of benzene rings is 2. The number of para-hydroxylation sites is 1. The van der Waals surface area contributed by atoms with E-state index >= 15 is 0 Å². The standard InChI is InChI=1S/C18H21NO3/c1-13(2)17(20)15-10-6-7-11-16(15)19-18(21)22-12-14-8-4-3-5-9-14/h3-11,13,17,20H,12H2,1-2H3,(H,19,21). The van der Waals surface area contributed by atoms with Crippen molar-refractivity contribution < 1.29 is 14.6 Å². The van der Waals surface area contributed by atoms with Crippen molar-refractivity contribution in [3.8, 4) is 0 Å². The maximum Gasteiger partial charge on any atom is 0.411 e. The average Bonchev–Trinajstić information content (AvgIpc) is 2.53. The summed E-state index contributed by atoms with van der Waals surface area (Å²) in [5.41, 5.74) is 2.18. The second-order valence-corrected chi connectivity index (χ2v) is 5.46. The van der Waals surface area contributed by atoms with Gasteiger partial charge in [0.1, 0.15) is 6.61 Å². The van der Waals surface area contributed by atoms with Gasteiger partial charge in [0.2, 0.25) is 0 Å². The normalized spacial score (nSPS) is 12.0. The molecule has 1 unspecified atom stereocenters. The van der Waals surface area contributed by atoms with Gasteiger partial charge in [-0.15, -0.1) is 0 Å². The molecular formula is C18H21NO3. The Labute approximate surface area is 130 Å². The molecule has 0 spiro atoms. The predicted octanol–water partition coefficient (Wildman–Crippen LogP) is 4.12. The van der Waals surface area contributed by atoms with Gasteiger partial charge in [-0.05, 0) is 17.5 Å². The third-order valence-corrected chi connectivity index (χ3v) is 3.36. The third kappa shape index (κ3) is 4.33. The Morgan fingerprint density at radius 2 is 1.73 bits per heavy atom. The van der Waals surface area contributed by atoms with E-state index in [1.807, 2.05) is 56.3 Å². The van der Waals surface area contributed by atoms with E-state index in [9.17, 15) is 9.90 Å². The van der Waals surface area contributed by atoms with E-state index < -0.39 is 12.2 Å². The van der Waals surface area contributed by atoms with E-state index in [0.717, 1.165) is 5.56 Å². The number of rotatable bonds is 5. The molecule has 0 radical (unpaired) electrons. The number of hydrogen-bond donors (Lipinski definition) is 2. The molecule has 2 rings (SSSR count). The van der Waals surface area contributed by atoms with Gasteiger partial charge >= 0.3 is 6.09 Å². The number of carbonyl (C=O) groups is 1. The summed E-state index contributed by atoms with van der Waals surface area (Å²) in [5.74, 6) is 0.0586. The van der Waals surface area contributed by atoms with Crippen LogP contribution in [0.5, 0.6) is 0 Å². The van der Waals surface area contributed by atoms with Crippen LogP contribution < -0.4 is 5.32 Å². The van der Waals surface area contributed by atoms with Crippen LogP contribution >= 0.6 is 0 Å². The number of aliphatic hydroxyl groups is 1. The minimum Gasteiger partial charge on any atom is -0.444 e. The number of carbonyl (C=O) groups excluding carboxylic acids is 1. The summed E-state index contributed by atoms with van der Waals surface area (Å²) in [7, 11) is 0. The molecule has 2 aromatic rings. The van der Waals surface area contributed by atoms with Crippen molar-refractivity contribution in [2.24, 2.45) is 5.92 Å². The summed E-state index contributed by atoms with van der Waals surface area (Å²) in [6, 6.07) is 16.7. The maximum absolute atomic E-state index is 11.9. The molecule has 2 N–H and O–H groups in total. The zero-order valence-corrected chi connectivity index (χ0v) is 12.8. The van der Waals surface area contributed by atoms with Crippen molar-refractivity contribution in [1.29, 1.82) is 0 Å². The molecule has 0 bridgehead atoms. The molecule has 0 aliphatic rings. The molecule has 0 aliphatic heterocycles. The van der Waals surface area contributed by atoms with Crippen molar-refractivity contribution in [1.82, 2.24) is 0 Å². The Hall–Kier alpha value is -2.33. The summed E-state index contributed by atoms with van der Waals surface area (Å²) in [4.78, 5) is 11.9. The summed E-state index contributed by atoms with van der Waals surface area (Å²) in [6.45, 7) is 4.06. The zero-order chi connectivity index (χ0) is 15.9. The fourth-order valence-corrected chi connectivity index (χ4v) is 2.10. The molecule has 22 heavy (non-hydrogen) atoms. The Morgan fingerprint density at radius 3 is 2.41 bits per heavy atom. The molecule has 4 nitrogen and oxygen atoms in total. The largest absolute Gasteiger partial charge is 0.444 e. The molecule has 0 heterocycles. The lowest BCUT2D eigenvalue weighted by atomic mass is 9.98. The Morgan fingerprint density at radius 1 is 1.09 bits per heavy atom. The fourth-order valence-electron chi connectivity index (χ4n) is 2.10. The quantitative estimate of drug-likeness (QED) is 0.873. The first kappa shape index (κ1) is 16.0. The van der Waals surface area contributed by atoms with Gasteiger partial charge in [0.15, 0.2) is 0 Å². The highest BCUT2D eigenvalue weighted by Gasteiger charge is 2.17. The molecule has 0 saturated carbocycles. The molecule has 0 aliphatic carbocycles. The second-order valence-electron chi connectivity index (χ2n) is 5.46. The van der Waals surface area contributed by atoms with E-state index in [2.05, 4.69) is 5.32 Å². The molecule has 0 fully saturated rings. The van der Waals surface area contributed by atoms with Crippen LogP contribution in [0.4, 0.5) is 10.5 Å². The lowest BCUT2D eigenvalue weighted by molar-refractivity contribution is 0.127. The second kappa shape index (κ2) is 7.61. The van der Waals surface area contributed by atoms with E-state index in [1.165, 1.54) is 0 Å². The highest BCUT2D eigenvalue weighted by atomic mass is 16.5. The van der Waals surface area contributed by atoms with E-state index in [4.69, 9.17) is 4.74 Å². The van der Waals surface area contributed by atoms with Crippen molar-refractivity contribution >= 4 is 11.8 Å². The van der Waals surface area contributed by atoms with Crippen LogP contribution in [-0.4, -0.2) is 11.2 Å². The van der Waals surface area contributed by atoms with Gasteiger partial charge in [-0.1, -0.05) is 62.4 Å². The maximum atomic E-state index is 11.9. The van der Waals surface area contributed by atoms with Gasteiger partial charge in [0.05, 0.1) is 6.10 Å². The molecule has 1 atom stereocenters. The molecule has 1 amide bonds. The minimum absolute atomic E-state index is 0.0586. The van der Waals surface area contributed by atoms with Crippen LogP contribution in [0, 0.1) is 5.92 Å². The lowest BCUT2D eigenvalue weighted by Gasteiger charge is -2.18. The van der Waals surface area contributed by atoms with Gasteiger partial charge in [-0.25, -0.2) is 4.79 Å². The van der Waals surface area contributed by atoms with Crippen LogP contribution in [-0.2, 0) is 11.3 Å². The monoisotopic (exact) mass is 299 g/mol. The number of anilines is 1. The highest BCUT2D eigenvalue weighted by Crippen LogP contribution is 2.28. The minimum atomic E-state index is -0.634. The van der Waals surface area contributed by atoms with E-state index in [-0.39, 0.29) is 12.5 Å². The molecule has 4 heteroatoms. The molecule has 2 aromatic carbocycles. The van der Waals surface area contributed by atoms with Crippen molar-refractivity contribution in [2.75, 3.05) is 5.32 Å². The topological polar surface area (TPSA) is 58.6 Å². The molecule has 0 saturated heterocycles. The number of amides is 1. The number of hydrogen-bond acceptors (Lipinski definition) is 3. The summed E-state index contributed by atoms with van der Waals surface area (Å²) in [5, 5.41) is 12.9. The van der Waals surface area contributed by atoms with Crippen LogP contribution in [0.3, 0.4) is 0 Å². The number of nitrogens with one attached hydrogen (secondary N) is 1. The van der Waals surface area contributed by atoms with Crippen LogP contribution in [0.1, 0.15) is 31.1 Å². The molecule has 116 valence electrons. The average molecular weight is 299 g/mol. The van der Waals surface area contributed by atoms with Crippen molar-refractivity contribution in [2.45, 2.75) is 26.6 Å². The highest BCUT2D eigenvalue weighted by molar-refractivity contribution is 5.85. The smallest absolute Gasteiger partial charge is 0.411 e. The zero-order valence-electron chi connectivity index (χ0n) is 12.8. The van der Waals surface area contributed by atoms with Crippen molar-refractivity contribution in [3.63, 3.8) is 0 Å². The first-order chi connectivity index (χ1) is 10.6. The SMILES string of the molecule is CC(C)C(O)c1ccccc1NC(=O)OCc1ccccc1. The van der Waals surface area contributed by atoms with Gasteiger partial charge in [-0.2, -0.15) is 0 Å². The van der Waals surface area contributed by atoms with Crippen LogP contribution in [0.15, 0.2) is 54.6 Å². The first-order valence-corrected chi connectivity index (χ1v) is 7.32. The van der Waals surface area contributed by atoms with E-state index in [0.29, 0.717) is 11.3 Å². The Balaban J connectivity index is 2.00. The molecular weight excluding hydrogens is 278 g/mol. The lowest BCUT2D eigenvalue weighted by Crippen LogP contribution is -2.16. The van der Waals surface area contributed by atoms with Crippen LogP contribution in [0.25, 0.3) is 0 Å². The Kier molecular flexibility index (Phi) is 5.55. The Bertz CT molecular complexity index is 611. The van der Waals surface area contributed by atoms with Gasteiger partial charge in [-0.3, -0.25) is 5.32 Å². The third-order valence-electron chi connectivity index (χ3n) is 3.36. The number of aliphatic hydroxyl groups excluding tert-OH is 1. The summed E-state index contributed by atoms with van der Waals surface area (Å²) < 4.78 is 5.20. The van der Waals surface area contributed by atoms with Gasteiger partial charge < -0.3 is 9.84 Å². The van der Waals surface area contributed by atoms with Crippen molar-refractivity contribution in [3.05, 3.63) is 65.7 Å². The molecule has 0 aromatic heterocycles. The summed E-state index contributed by atoms with van der Waals surface area (Å²) in [6.07, 6.45) is -1.17. The first-order valence-electron chi connectivity index (χ1n) is 7.32. The predicted molar refractivity (Wildman–Crippen MR) is 86.5 cm³/mol. The van der Waals surface area contributed by atoms with Gasteiger partial charge in [0, 0.05) is 11.3 Å². The summed E-state index contributed by atoms with van der Waals surface area (Å²) >= 11 is 0. The number of ether oxygens (including phenoxy) is 1. The van der Waals surface area contributed by atoms with Crippen LogP contribution in [0.2, 0.25) is 0 Å². The van der Waals surface area contributed by atoms with E-state index in [1.54, 1.807) is 12.1 Å². The van der Waals surface area contributed by atoms with Gasteiger partial charge in [0.25, 0.3) is 0 Å².